The van der Waals surface area contributed by atoms with Crippen molar-refractivity contribution in [2.75, 3.05) is 13.2 Å². The van der Waals surface area contributed by atoms with Gasteiger partial charge in [-0.05, 0) is 31.0 Å². The summed E-state index contributed by atoms with van der Waals surface area (Å²) in [5, 5.41) is 0. The van der Waals surface area contributed by atoms with Crippen LogP contribution in [0.4, 0.5) is 0 Å². The van der Waals surface area contributed by atoms with E-state index in [0.717, 1.165) is 23.4 Å². The van der Waals surface area contributed by atoms with Gasteiger partial charge in [0.25, 0.3) is 0 Å². The molecule has 1 aliphatic carbocycles. The largest absolute Gasteiger partial charge is 0.493 e. The topological polar surface area (TPSA) is 35.2 Å². The van der Waals surface area contributed by atoms with Crippen molar-refractivity contribution >= 4 is 15.9 Å². The average Bonchev–Trinajstić information content (AvgIpc) is 2.76. The SMILES string of the molecule is NCC1(COc2cccc(Br)c2)CCCC1. The minimum Gasteiger partial charge on any atom is -0.493 e. The van der Waals surface area contributed by atoms with E-state index in [2.05, 4.69) is 15.9 Å². The van der Waals surface area contributed by atoms with Crippen LogP contribution < -0.4 is 10.5 Å². The molecule has 1 aliphatic rings. The monoisotopic (exact) mass is 283 g/mol. The van der Waals surface area contributed by atoms with E-state index >= 15 is 0 Å². The van der Waals surface area contributed by atoms with Gasteiger partial charge in [-0.1, -0.05) is 34.8 Å². The van der Waals surface area contributed by atoms with Gasteiger partial charge in [0.15, 0.2) is 0 Å². The van der Waals surface area contributed by atoms with Gasteiger partial charge in [-0.25, -0.2) is 0 Å². The van der Waals surface area contributed by atoms with Crippen molar-refractivity contribution in [2.24, 2.45) is 11.1 Å². The average molecular weight is 284 g/mol. The van der Waals surface area contributed by atoms with Gasteiger partial charge in [0.05, 0.1) is 6.61 Å². The molecule has 2 nitrogen and oxygen atoms in total. The van der Waals surface area contributed by atoms with E-state index in [-0.39, 0.29) is 5.41 Å². The van der Waals surface area contributed by atoms with Crippen LogP contribution in [0.25, 0.3) is 0 Å². The summed E-state index contributed by atoms with van der Waals surface area (Å²) in [7, 11) is 0. The summed E-state index contributed by atoms with van der Waals surface area (Å²) in [4.78, 5) is 0. The molecule has 0 atom stereocenters. The predicted molar refractivity (Wildman–Crippen MR) is 69.6 cm³/mol. The van der Waals surface area contributed by atoms with Gasteiger partial charge in [-0.2, -0.15) is 0 Å². The highest BCUT2D eigenvalue weighted by Crippen LogP contribution is 2.37. The Balaban J connectivity index is 1.95. The Morgan fingerprint density at radius 3 is 2.69 bits per heavy atom. The smallest absolute Gasteiger partial charge is 0.120 e. The number of halogens is 1. The first-order chi connectivity index (χ1) is 7.74. The summed E-state index contributed by atoms with van der Waals surface area (Å²) in [6, 6.07) is 7.98. The standard InChI is InChI=1S/C13H18BrNO/c14-11-4-3-5-12(8-11)16-10-13(9-15)6-1-2-7-13/h3-5,8H,1-2,6-7,9-10,15H2. The highest BCUT2D eigenvalue weighted by atomic mass is 79.9. The van der Waals surface area contributed by atoms with Crippen LogP contribution in [0.3, 0.4) is 0 Å². The Labute approximate surface area is 105 Å². The van der Waals surface area contributed by atoms with Crippen LogP contribution in [-0.2, 0) is 0 Å². The van der Waals surface area contributed by atoms with E-state index in [1.54, 1.807) is 0 Å². The summed E-state index contributed by atoms with van der Waals surface area (Å²) in [5.74, 6) is 0.925. The molecule has 0 saturated heterocycles. The molecule has 16 heavy (non-hydrogen) atoms. The fraction of sp³-hybridized carbons (Fsp3) is 0.538. The van der Waals surface area contributed by atoms with Crippen LogP contribution in [0.1, 0.15) is 25.7 Å². The number of nitrogens with two attached hydrogens (primary N) is 1. The minimum atomic E-state index is 0.225. The normalized spacial score (nSPS) is 18.6. The molecule has 0 aliphatic heterocycles. The molecule has 0 unspecified atom stereocenters. The zero-order valence-corrected chi connectivity index (χ0v) is 11.0. The lowest BCUT2D eigenvalue weighted by molar-refractivity contribution is 0.157. The van der Waals surface area contributed by atoms with Crippen LogP contribution in [0.2, 0.25) is 0 Å². The summed E-state index contributed by atoms with van der Waals surface area (Å²) in [6.07, 6.45) is 4.99. The van der Waals surface area contributed by atoms with Crippen molar-refractivity contribution < 1.29 is 4.74 Å². The van der Waals surface area contributed by atoms with Gasteiger partial charge < -0.3 is 10.5 Å². The highest BCUT2D eigenvalue weighted by Gasteiger charge is 2.33. The zero-order chi connectivity index (χ0) is 11.4. The molecule has 0 amide bonds. The number of ether oxygens (including phenoxy) is 1. The maximum absolute atomic E-state index is 5.87. The third-order valence-corrected chi connectivity index (χ3v) is 3.93. The Morgan fingerprint density at radius 2 is 2.06 bits per heavy atom. The van der Waals surface area contributed by atoms with Crippen molar-refractivity contribution in [3.8, 4) is 5.75 Å². The molecule has 1 aromatic carbocycles. The second-order valence-electron chi connectivity index (χ2n) is 4.66. The Morgan fingerprint density at radius 1 is 1.31 bits per heavy atom. The third-order valence-electron chi connectivity index (χ3n) is 3.44. The Bertz CT molecular complexity index is 348. The first-order valence-corrected chi connectivity index (χ1v) is 6.62. The van der Waals surface area contributed by atoms with E-state index in [1.165, 1.54) is 25.7 Å². The molecule has 3 heteroatoms. The number of benzene rings is 1. The number of hydrogen-bond donors (Lipinski definition) is 1. The molecule has 0 heterocycles. The molecule has 1 aromatic rings. The fourth-order valence-corrected chi connectivity index (χ4v) is 2.70. The summed E-state index contributed by atoms with van der Waals surface area (Å²) in [5.41, 5.74) is 6.10. The molecule has 2 rings (SSSR count). The lowest BCUT2D eigenvalue weighted by Gasteiger charge is -2.27. The second kappa shape index (κ2) is 5.19. The van der Waals surface area contributed by atoms with Crippen LogP contribution in [0, 0.1) is 5.41 Å². The Hall–Kier alpha value is -0.540. The maximum atomic E-state index is 5.87. The van der Waals surface area contributed by atoms with E-state index in [1.807, 2.05) is 24.3 Å². The summed E-state index contributed by atoms with van der Waals surface area (Å²) in [6.45, 7) is 1.49. The van der Waals surface area contributed by atoms with Crippen LogP contribution in [0.15, 0.2) is 28.7 Å². The summed E-state index contributed by atoms with van der Waals surface area (Å²) >= 11 is 3.44. The molecular formula is C13H18BrNO. The van der Waals surface area contributed by atoms with Crippen molar-refractivity contribution in [1.82, 2.24) is 0 Å². The van der Waals surface area contributed by atoms with E-state index in [4.69, 9.17) is 10.5 Å². The summed E-state index contributed by atoms with van der Waals surface area (Å²) < 4.78 is 6.91. The van der Waals surface area contributed by atoms with Crippen molar-refractivity contribution in [1.29, 1.82) is 0 Å². The van der Waals surface area contributed by atoms with E-state index in [9.17, 15) is 0 Å². The molecular weight excluding hydrogens is 266 g/mol. The molecule has 2 N–H and O–H groups in total. The predicted octanol–water partition coefficient (Wildman–Crippen LogP) is 3.35. The molecule has 1 saturated carbocycles. The number of rotatable bonds is 4. The zero-order valence-electron chi connectivity index (χ0n) is 9.42. The third kappa shape index (κ3) is 2.77. The first-order valence-electron chi connectivity index (χ1n) is 5.83. The van der Waals surface area contributed by atoms with E-state index in [0.29, 0.717) is 0 Å². The fourth-order valence-electron chi connectivity index (χ4n) is 2.33. The minimum absolute atomic E-state index is 0.225. The molecule has 0 aromatic heterocycles. The van der Waals surface area contributed by atoms with Gasteiger partial charge >= 0.3 is 0 Å². The van der Waals surface area contributed by atoms with Crippen LogP contribution in [0.5, 0.6) is 5.75 Å². The molecule has 1 fully saturated rings. The lowest BCUT2D eigenvalue weighted by atomic mass is 9.87. The Kier molecular flexibility index (Phi) is 3.87. The maximum Gasteiger partial charge on any atom is 0.120 e. The van der Waals surface area contributed by atoms with Gasteiger partial charge in [-0.15, -0.1) is 0 Å². The molecule has 0 bridgehead atoms. The van der Waals surface area contributed by atoms with Crippen molar-refractivity contribution in [3.05, 3.63) is 28.7 Å². The van der Waals surface area contributed by atoms with Gasteiger partial charge in [0.2, 0.25) is 0 Å². The molecule has 0 radical (unpaired) electrons. The molecule has 0 spiro atoms. The van der Waals surface area contributed by atoms with Crippen molar-refractivity contribution in [2.45, 2.75) is 25.7 Å². The van der Waals surface area contributed by atoms with E-state index < -0.39 is 0 Å². The number of hydrogen-bond acceptors (Lipinski definition) is 2. The van der Waals surface area contributed by atoms with Crippen molar-refractivity contribution in [3.63, 3.8) is 0 Å². The van der Waals surface area contributed by atoms with Gasteiger partial charge in [0.1, 0.15) is 5.75 Å². The van der Waals surface area contributed by atoms with Crippen LogP contribution in [-0.4, -0.2) is 13.2 Å². The molecule has 88 valence electrons. The second-order valence-corrected chi connectivity index (χ2v) is 5.57. The van der Waals surface area contributed by atoms with Gasteiger partial charge in [0, 0.05) is 16.4 Å². The quantitative estimate of drug-likeness (QED) is 0.920. The van der Waals surface area contributed by atoms with Gasteiger partial charge in [-0.3, -0.25) is 0 Å². The van der Waals surface area contributed by atoms with Crippen LogP contribution >= 0.6 is 15.9 Å². The first kappa shape index (κ1) is 11.9. The highest BCUT2D eigenvalue weighted by molar-refractivity contribution is 9.10. The lowest BCUT2D eigenvalue weighted by Crippen LogP contribution is -2.33.